The molecule has 52 valence electrons. The molecule has 1 rings (SSSR count). The van der Waals surface area contributed by atoms with Crippen LogP contribution in [0.25, 0.3) is 5.70 Å². The second-order valence-electron chi connectivity index (χ2n) is 2.09. The standard InChI is InChI=1S/C9H11N/c1-8(10-2)9-6-4-3-5-7-9/h3-7,10H,1H2,2H3. The van der Waals surface area contributed by atoms with Crippen LogP contribution < -0.4 is 5.32 Å². The van der Waals surface area contributed by atoms with Crippen LogP contribution in [-0.2, 0) is 0 Å². The van der Waals surface area contributed by atoms with Gasteiger partial charge in [-0.1, -0.05) is 36.9 Å². The number of rotatable bonds is 2. The molecule has 0 aliphatic heterocycles. The van der Waals surface area contributed by atoms with Crippen LogP contribution in [-0.4, -0.2) is 7.05 Å². The van der Waals surface area contributed by atoms with E-state index in [-0.39, 0.29) is 0 Å². The lowest BCUT2D eigenvalue weighted by Gasteiger charge is -2.02. The fourth-order valence-corrected chi connectivity index (χ4v) is 0.784. The Hall–Kier alpha value is -1.24. The molecule has 0 saturated heterocycles. The maximum atomic E-state index is 3.83. The van der Waals surface area contributed by atoms with Crippen LogP contribution in [0.1, 0.15) is 5.56 Å². The highest BCUT2D eigenvalue weighted by molar-refractivity contribution is 5.60. The summed E-state index contributed by atoms with van der Waals surface area (Å²) in [4.78, 5) is 0. The molecule has 0 atom stereocenters. The first-order valence-corrected chi connectivity index (χ1v) is 3.26. The van der Waals surface area contributed by atoms with Crippen LogP contribution in [0.3, 0.4) is 0 Å². The third kappa shape index (κ3) is 1.38. The maximum absolute atomic E-state index is 3.83. The largest absolute Gasteiger partial charge is 0.388 e. The van der Waals surface area contributed by atoms with E-state index in [1.54, 1.807) is 0 Å². The van der Waals surface area contributed by atoms with Gasteiger partial charge in [-0.25, -0.2) is 0 Å². The highest BCUT2D eigenvalue weighted by atomic mass is 14.8. The van der Waals surface area contributed by atoms with Gasteiger partial charge in [0.25, 0.3) is 0 Å². The van der Waals surface area contributed by atoms with E-state index in [1.807, 2.05) is 37.4 Å². The zero-order valence-corrected chi connectivity index (χ0v) is 6.09. The lowest BCUT2D eigenvalue weighted by Crippen LogP contribution is -2.01. The van der Waals surface area contributed by atoms with Crippen LogP contribution in [0.4, 0.5) is 0 Å². The molecule has 0 spiro atoms. The van der Waals surface area contributed by atoms with Crippen molar-refractivity contribution < 1.29 is 0 Å². The van der Waals surface area contributed by atoms with Crippen LogP contribution in [0.5, 0.6) is 0 Å². The van der Waals surface area contributed by atoms with Gasteiger partial charge in [0.05, 0.1) is 0 Å². The van der Waals surface area contributed by atoms with Crippen molar-refractivity contribution in [3.05, 3.63) is 42.5 Å². The molecule has 1 aromatic rings. The van der Waals surface area contributed by atoms with Gasteiger partial charge in [-0.2, -0.15) is 0 Å². The number of benzene rings is 1. The van der Waals surface area contributed by atoms with Crippen LogP contribution >= 0.6 is 0 Å². The molecule has 0 aliphatic carbocycles. The lowest BCUT2D eigenvalue weighted by atomic mass is 10.2. The SMILES string of the molecule is C=C(NC)c1ccccc1. The lowest BCUT2D eigenvalue weighted by molar-refractivity contribution is 1.13. The summed E-state index contributed by atoms with van der Waals surface area (Å²) in [5.74, 6) is 0. The Morgan fingerprint density at radius 1 is 1.30 bits per heavy atom. The molecule has 1 nitrogen and oxygen atoms in total. The van der Waals surface area contributed by atoms with E-state index in [0.29, 0.717) is 0 Å². The van der Waals surface area contributed by atoms with Crippen molar-refractivity contribution in [1.82, 2.24) is 5.32 Å². The normalized spacial score (nSPS) is 8.90. The van der Waals surface area contributed by atoms with Gasteiger partial charge in [-0.05, 0) is 5.56 Å². The van der Waals surface area contributed by atoms with E-state index in [2.05, 4.69) is 11.9 Å². The van der Waals surface area contributed by atoms with Crippen molar-refractivity contribution in [1.29, 1.82) is 0 Å². The van der Waals surface area contributed by atoms with Crippen molar-refractivity contribution in [3.8, 4) is 0 Å². The zero-order valence-electron chi connectivity index (χ0n) is 6.09. The maximum Gasteiger partial charge on any atom is 0.0338 e. The van der Waals surface area contributed by atoms with Gasteiger partial charge in [0, 0.05) is 12.7 Å². The molecule has 1 N–H and O–H groups in total. The van der Waals surface area contributed by atoms with E-state index < -0.39 is 0 Å². The molecule has 0 bridgehead atoms. The number of nitrogens with one attached hydrogen (secondary N) is 1. The monoisotopic (exact) mass is 133 g/mol. The van der Waals surface area contributed by atoms with Crippen LogP contribution in [0.2, 0.25) is 0 Å². The van der Waals surface area contributed by atoms with Crippen molar-refractivity contribution in [2.45, 2.75) is 0 Å². The average Bonchev–Trinajstić information content (AvgIpc) is 2.05. The summed E-state index contributed by atoms with van der Waals surface area (Å²) < 4.78 is 0. The smallest absolute Gasteiger partial charge is 0.0338 e. The Labute approximate surface area is 61.4 Å². The molecule has 0 aromatic heterocycles. The van der Waals surface area contributed by atoms with E-state index in [4.69, 9.17) is 0 Å². The van der Waals surface area contributed by atoms with E-state index in [0.717, 1.165) is 11.3 Å². The number of hydrogen-bond acceptors (Lipinski definition) is 1. The first-order valence-electron chi connectivity index (χ1n) is 3.26. The average molecular weight is 133 g/mol. The molecule has 1 aromatic carbocycles. The summed E-state index contributed by atoms with van der Waals surface area (Å²) in [5.41, 5.74) is 2.10. The minimum Gasteiger partial charge on any atom is -0.388 e. The van der Waals surface area contributed by atoms with E-state index in [9.17, 15) is 0 Å². The second-order valence-corrected chi connectivity index (χ2v) is 2.09. The summed E-state index contributed by atoms with van der Waals surface area (Å²) in [6, 6.07) is 10.0. The van der Waals surface area contributed by atoms with Gasteiger partial charge in [0.1, 0.15) is 0 Å². The molecular formula is C9H11N. The molecule has 0 saturated carbocycles. The first-order chi connectivity index (χ1) is 4.84. The molecule has 0 heterocycles. The van der Waals surface area contributed by atoms with Gasteiger partial charge >= 0.3 is 0 Å². The second kappa shape index (κ2) is 3.06. The Kier molecular flexibility index (Phi) is 2.11. The third-order valence-electron chi connectivity index (χ3n) is 1.42. The summed E-state index contributed by atoms with van der Waals surface area (Å²) in [5, 5.41) is 2.99. The zero-order chi connectivity index (χ0) is 7.40. The summed E-state index contributed by atoms with van der Waals surface area (Å²) in [6.45, 7) is 3.83. The van der Waals surface area contributed by atoms with Crippen LogP contribution in [0, 0.1) is 0 Å². The van der Waals surface area contributed by atoms with Gasteiger partial charge < -0.3 is 5.32 Å². The molecule has 10 heavy (non-hydrogen) atoms. The Bertz CT molecular complexity index is 213. The predicted octanol–water partition coefficient (Wildman–Crippen LogP) is 1.88. The summed E-state index contributed by atoms with van der Waals surface area (Å²) >= 11 is 0. The summed E-state index contributed by atoms with van der Waals surface area (Å²) in [6.07, 6.45) is 0. The minimum atomic E-state index is 0.959. The first kappa shape index (κ1) is 6.87. The van der Waals surface area contributed by atoms with E-state index >= 15 is 0 Å². The van der Waals surface area contributed by atoms with Gasteiger partial charge in [0.15, 0.2) is 0 Å². The predicted molar refractivity (Wildman–Crippen MR) is 44.5 cm³/mol. The van der Waals surface area contributed by atoms with Crippen molar-refractivity contribution in [3.63, 3.8) is 0 Å². The van der Waals surface area contributed by atoms with Crippen molar-refractivity contribution in [2.24, 2.45) is 0 Å². The molecular weight excluding hydrogens is 122 g/mol. The molecule has 0 unspecified atom stereocenters. The van der Waals surface area contributed by atoms with Crippen LogP contribution in [0.15, 0.2) is 36.9 Å². The third-order valence-corrected chi connectivity index (χ3v) is 1.42. The molecule has 0 fully saturated rings. The molecule has 0 amide bonds. The topological polar surface area (TPSA) is 12.0 Å². The Morgan fingerprint density at radius 2 is 1.90 bits per heavy atom. The fraction of sp³-hybridized carbons (Fsp3) is 0.111. The Balaban J connectivity index is 2.85. The fourth-order valence-electron chi connectivity index (χ4n) is 0.784. The van der Waals surface area contributed by atoms with Crippen molar-refractivity contribution >= 4 is 5.70 Å². The molecule has 0 radical (unpaired) electrons. The van der Waals surface area contributed by atoms with Gasteiger partial charge in [-0.3, -0.25) is 0 Å². The highest BCUT2D eigenvalue weighted by Gasteiger charge is 1.90. The van der Waals surface area contributed by atoms with Crippen molar-refractivity contribution in [2.75, 3.05) is 7.05 Å². The minimum absolute atomic E-state index is 0.959. The summed E-state index contributed by atoms with van der Waals surface area (Å²) in [7, 11) is 1.87. The van der Waals surface area contributed by atoms with Gasteiger partial charge in [0.2, 0.25) is 0 Å². The van der Waals surface area contributed by atoms with E-state index in [1.165, 1.54) is 0 Å². The van der Waals surface area contributed by atoms with Gasteiger partial charge in [-0.15, -0.1) is 0 Å². The number of hydrogen-bond donors (Lipinski definition) is 1. The molecule has 1 heteroatoms. The quantitative estimate of drug-likeness (QED) is 0.649. The Morgan fingerprint density at radius 3 is 2.40 bits per heavy atom. The highest BCUT2D eigenvalue weighted by Crippen LogP contribution is 2.06. The molecule has 0 aliphatic rings.